The van der Waals surface area contributed by atoms with Crippen molar-refractivity contribution in [3.8, 4) is 5.88 Å². The lowest BCUT2D eigenvalue weighted by molar-refractivity contribution is -0.192. The largest absolute Gasteiger partial charge is 0.490 e. The molecule has 2 aliphatic rings. The number of piperidine rings is 1. The number of hydrogen-bond acceptors (Lipinski definition) is 6. The van der Waals surface area contributed by atoms with E-state index in [4.69, 9.17) is 14.6 Å². The maximum Gasteiger partial charge on any atom is 0.490 e. The van der Waals surface area contributed by atoms with Gasteiger partial charge in [-0.3, -0.25) is 9.59 Å². The number of halogens is 3. The molecule has 1 aromatic heterocycles. The number of aryl methyl sites for hydroxylation is 1. The summed E-state index contributed by atoms with van der Waals surface area (Å²) in [4.78, 5) is 40.3. The molecule has 11 heteroatoms. The number of Topliss-reactive ketones (excluding diaryl/α,β-unsaturated/α-hetero) is 1. The average Bonchev–Trinajstić information content (AvgIpc) is 3.16. The van der Waals surface area contributed by atoms with Crippen LogP contribution in [0.1, 0.15) is 45.5 Å². The van der Waals surface area contributed by atoms with Gasteiger partial charge < -0.3 is 20.1 Å². The second kappa shape index (κ2) is 10.6. The first kappa shape index (κ1) is 25.2. The molecule has 2 heterocycles. The Labute approximate surface area is 193 Å². The van der Waals surface area contributed by atoms with Crippen molar-refractivity contribution in [3.63, 3.8) is 0 Å². The number of pyridine rings is 1. The second-order valence-corrected chi connectivity index (χ2v) is 8.02. The number of nitrogens with one attached hydrogen (secondary N) is 1. The summed E-state index contributed by atoms with van der Waals surface area (Å²) in [5, 5.41) is 10.00. The third-order valence-corrected chi connectivity index (χ3v) is 5.48. The van der Waals surface area contributed by atoms with E-state index in [0.717, 1.165) is 31.5 Å². The second-order valence-electron chi connectivity index (χ2n) is 8.02. The van der Waals surface area contributed by atoms with Crippen LogP contribution in [-0.4, -0.2) is 65.1 Å². The van der Waals surface area contributed by atoms with Gasteiger partial charge in [-0.25, -0.2) is 9.78 Å². The molecule has 1 saturated heterocycles. The molecule has 182 valence electrons. The average molecular weight is 479 g/mol. The summed E-state index contributed by atoms with van der Waals surface area (Å²) in [5.74, 6) is -2.49. The number of carboxylic acid groups (broad SMARTS) is 1. The third-order valence-electron chi connectivity index (χ3n) is 5.48. The predicted molar refractivity (Wildman–Crippen MR) is 116 cm³/mol. The van der Waals surface area contributed by atoms with Gasteiger partial charge in [-0.2, -0.15) is 13.2 Å². The molecule has 0 spiro atoms. The normalized spacial score (nSPS) is 16.3. The Morgan fingerprint density at radius 2 is 1.85 bits per heavy atom. The number of carbonyl (C=O) groups is 3. The fourth-order valence-electron chi connectivity index (χ4n) is 3.72. The van der Waals surface area contributed by atoms with Gasteiger partial charge in [-0.05, 0) is 44.0 Å². The van der Waals surface area contributed by atoms with Crippen LogP contribution in [0.2, 0.25) is 0 Å². The number of aromatic nitrogens is 1. The van der Waals surface area contributed by atoms with Crippen LogP contribution >= 0.6 is 0 Å². The van der Waals surface area contributed by atoms with Crippen LogP contribution in [0.4, 0.5) is 18.9 Å². The Morgan fingerprint density at radius 1 is 1.18 bits per heavy atom. The lowest BCUT2D eigenvalue weighted by Gasteiger charge is -2.28. The van der Waals surface area contributed by atoms with Crippen molar-refractivity contribution >= 4 is 23.3 Å². The van der Waals surface area contributed by atoms with E-state index in [-0.39, 0.29) is 17.8 Å². The first-order chi connectivity index (χ1) is 16.0. The first-order valence-electron chi connectivity index (χ1n) is 10.6. The molecule has 0 atom stereocenters. The molecule has 8 nitrogen and oxygen atoms in total. The maximum absolute atomic E-state index is 12.7. The fraction of sp³-hybridized carbons (Fsp3) is 0.391. The van der Waals surface area contributed by atoms with Gasteiger partial charge in [-0.15, -0.1) is 0 Å². The number of ether oxygens (including phenoxy) is 1. The zero-order valence-corrected chi connectivity index (χ0v) is 18.4. The van der Waals surface area contributed by atoms with Crippen LogP contribution in [0.25, 0.3) is 0 Å². The van der Waals surface area contributed by atoms with Crippen molar-refractivity contribution in [2.75, 3.05) is 25.5 Å². The Hall–Kier alpha value is -3.47. The summed E-state index contributed by atoms with van der Waals surface area (Å²) in [7, 11) is 2.11. The van der Waals surface area contributed by atoms with E-state index >= 15 is 0 Å². The van der Waals surface area contributed by atoms with Gasteiger partial charge in [0.25, 0.3) is 5.91 Å². The standard InChI is InChI=1S/C21H23N3O3.C2HF3O2/c1-24-11-8-16(9-12-24)27-19-13-15(7-10-22-19)23-21(26)17-4-2-3-14-5-6-18(25)20(14)17;3-2(4,5)1(6)7/h2-4,7,10,13,16H,5-6,8-9,11-12H2,1H3,(H,22,23,26);(H,6,7). The van der Waals surface area contributed by atoms with Crippen molar-refractivity contribution in [1.82, 2.24) is 9.88 Å². The lowest BCUT2D eigenvalue weighted by atomic mass is 10.0. The van der Waals surface area contributed by atoms with E-state index in [0.29, 0.717) is 35.5 Å². The van der Waals surface area contributed by atoms with Gasteiger partial charge in [0, 0.05) is 43.0 Å². The molecule has 1 amide bonds. The number of ketones is 1. The molecular formula is C23H24F3N3O5. The quantitative estimate of drug-likeness (QED) is 0.690. The van der Waals surface area contributed by atoms with Crippen LogP contribution in [0, 0.1) is 0 Å². The van der Waals surface area contributed by atoms with Gasteiger partial charge in [0.1, 0.15) is 6.10 Å². The van der Waals surface area contributed by atoms with Crippen molar-refractivity contribution in [2.45, 2.75) is 38.0 Å². The number of fused-ring (bicyclic) bond motifs is 1. The van der Waals surface area contributed by atoms with E-state index in [1.807, 2.05) is 12.1 Å². The zero-order chi connectivity index (χ0) is 24.9. The molecule has 2 N–H and O–H groups in total. The van der Waals surface area contributed by atoms with Crippen molar-refractivity contribution in [3.05, 3.63) is 53.2 Å². The third kappa shape index (κ3) is 6.53. The molecule has 34 heavy (non-hydrogen) atoms. The predicted octanol–water partition coefficient (Wildman–Crippen LogP) is 3.57. The van der Waals surface area contributed by atoms with Gasteiger partial charge in [-0.1, -0.05) is 12.1 Å². The summed E-state index contributed by atoms with van der Waals surface area (Å²) in [5.41, 5.74) is 2.56. The van der Waals surface area contributed by atoms with Crippen LogP contribution < -0.4 is 10.1 Å². The molecule has 0 saturated carbocycles. The molecule has 1 aliphatic heterocycles. The van der Waals surface area contributed by atoms with Crippen molar-refractivity contribution in [2.24, 2.45) is 0 Å². The molecule has 1 fully saturated rings. The number of aliphatic carboxylic acids is 1. The summed E-state index contributed by atoms with van der Waals surface area (Å²) in [6.07, 6.45) is -0.196. The smallest absolute Gasteiger partial charge is 0.475 e. The molecule has 1 aliphatic carbocycles. The number of alkyl halides is 3. The number of carboxylic acids is 1. The van der Waals surface area contributed by atoms with Crippen LogP contribution in [-0.2, 0) is 11.2 Å². The Balaban J connectivity index is 0.000000406. The molecule has 1 aromatic carbocycles. The van der Waals surface area contributed by atoms with E-state index in [2.05, 4.69) is 22.2 Å². The van der Waals surface area contributed by atoms with Crippen molar-refractivity contribution in [1.29, 1.82) is 0 Å². The highest BCUT2D eigenvalue weighted by atomic mass is 19.4. The summed E-state index contributed by atoms with van der Waals surface area (Å²) in [6.45, 7) is 2.02. The van der Waals surface area contributed by atoms with Gasteiger partial charge in [0.05, 0.1) is 5.56 Å². The number of amides is 1. The Bertz CT molecular complexity index is 1070. The summed E-state index contributed by atoms with van der Waals surface area (Å²) in [6, 6.07) is 8.91. The Kier molecular flexibility index (Phi) is 7.87. The summed E-state index contributed by atoms with van der Waals surface area (Å²) < 4.78 is 37.7. The minimum Gasteiger partial charge on any atom is -0.475 e. The maximum atomic E-state index is 12.7. The topological polar surface area (TPSA) is 109 Å². The highest BCUT2D eigenvalue weighted by Gasteiger charge is 2.38. The van der Waals surface area contributed by atoms with Crippen LogP contribution in [0.15, 0.2) is 36.5 Å². The lowest BCUT2D eigenvalue weighted by Crippen LogP contribution is -2.35. The van der Waals surface area contributed by atoms with Crippen molar-refractivity contribution < 1.29 is 37.4 Å². The number of benzene rings is 1. The number of rotatable bonds is 4. The number of likely N-dealkylation sites (tertiary alicyclic amines) is 1. The fourth-order valence-corrected chi connectivity index (χ4v) is 3.72. The molecule has 2 aromatic rings. The molecule has 4 rings (SSSR count). The minimum atomic E-state index is -5.08. The highest BCUT2D eigenvalue weighted by Crippen LogP contribution is 2.26. The van der Waals surface area contributed by atoms with E-state index < -0.39 is 12.1 Å². The zero-order valence-electron chi connectivity index (χ0n) is 18.4. The highest BCUT2D eigenvalue weighted by molar-refractivity contribution is 6.14. The van der Waals surface area contributed by atoms with E-state index in [1.54, 1.807) is 24.4 Å². The number of nitrogens with zero attached hydrogens (tertiary/aromatic N) is 2. The number of hydrogen-bond donors (Lipinski definition) is 2. The van der Waals surface area contributed by atoms with Gasteiger partial charge >= 0.3 is 12.1 Å². The Morgan fingerprint density at radius 3 is 2.50 bits per heavy atom. The van der Waals surface area contributed by atoms with E-state index in [1.165, 1.54) is 0 Å². The number of anilines is 1. The first-order valence-corrected chi connectivity index (χ1v) is 10.6. The monoisotopic (exact) mass is 479 g/mol. The SMILES string of the molecule is CN1CCC(Oc2cc(NC(=O)c3cccc4c3C(=O)CC4)ccn2)CC1.O=C(O)C(F)(F)F. The number of carbonyl (C=O) groups excluding carboxylic acids is 2. The molecule has 0 bridgehead atoms. The summed E-state index contributed by atoms with van der Waals surface area (Å²) >= 11 is 0. The van der Waals surface area contributed by atoms with Crippen LogP contribution in [0.5, 0.6) is 5.88 Å². The minimum absolute atomic E-state index is 0.0387. The van der Waals surface area contributed by atoms with Gasteiger partial charge in [0.2, 0.25) is 5.88 Å². The van der Waals surface area contributed by atoms with Crippen LogP contribution in [0.3, 0.4) is 0 Å². The van der Waals surface area contributed by atoms with Gasteiger partial charge in [0.15, 0.2) is 5.78 Å². The van der Waals surface area contributed by atoms with E-state index in [9.17, 15) is 22.8 Å². The molecule has 0 radical (unpaired) electrons. The molecule has 0 unspecified atom stereocenters. The molecular weight excluding hydrogens is 455 g/mol.